The lowest BCUT2D eigenvalue weighted by Gasteiger charge is -2.37. The zero-order valence-corrected chi connectivity index (χ0v) is 12.3. The molecule has 1 saturated carbocycles. The first-order valence-corrected chi connectivity index (χ1v) is 7.49. The van der Waals surface area contributed by atoms with Crippen molar-refractivity contribution >= 4 is 34.5 Å². The molecular formula is C12H17Cl2NOS. The van der Waals surface area contributed by atoms with E-state index >= 15 is 0 Å². The Labute approximate surface area is 116 Å². The highest BCUT2D eigenvalue weighted by Gasteiger charge is 2.30. The predicted octanol–water partition coefficient (Wildman–Crippen LogP) is 4.27. The first-order valence-electron chi connectivity index (χ1n) is 5.92. The van der Waals surface area contributed by atoms with E-state index in [1.54, 1.807) is 0 Å². The standard InChI is InChI=1S/C12H17Cl2NOS/c1-3-16-9-4-8(5-9)15-7(2)10-6-11(13)17-12(10)14/h6-9,15H,3-5H2,1-2H3. The molecule has 1 aliphatic carbocycles. The molecule has 1 aliphatic rings. The minimum absolute atomic E-state index is 0.249. The molecule has 1 fully saturated rings. The van der Waals surface area contributed by atoms with Crippen molar-refractivity contribution in [3.8, 4) is 0 Å². The Morgan fingerprint density at radius 2 is 2.24 bits per heavy atom. The topological polar surface area (TPSA) is 21.3 Å². The van der Waals surface area contributed by atoms with Crippen molar-refractivity contribution in [2.24, 2.45) is 0 Å². The van der Waals surface area contributed by atoms with Crippen molar-refractivity contribution in [2.45, 2.75) is 44.9 Å². The minimum atomic E-state index is 0.249. The summed E-state index contributed by atoms with van der Waals surface area (Å²) in [6.07, 6.45) is 2.62. The summed E-state index contributed by atoms with van der Waals surface area (Å²) in [5.74, 6) is 0. The maximum absolute atomic E-state index is 6.13. The molecule has 1 aromatic heterocycles. The third kappa shape index (κ3) is 3.36. The number of nitrogens with one attached hydrogen (secondary N) is 1. The number of ether oxygens (including phenoxy) is 1. The Bertz CT molecular complexity index is 377. The van der Waals surface area contributed by atoms with Crippen LogP contribution in [-0.2, 0) is 4.74 Å². The molecule has 0 aliphatic heterocycles. The molecule has 5 heteroatoms. The van der Waals surface area contributed by atoms with E-state index < -0.39 is 0 Å². The molecule has 96 valence electrons. The Morgan fingerprint density at radius 3 is 2.76 bits per heavy atom. The highest BCUT2D eigenvalue weighted by atomic mass is 35.5. The van der Waals surface area contributed by atoms with E-state index in [0.29, 0.717) is 12.1 Å². The fraction of sp³-hybridized carbons (Fsp3) is 0.667. The number of hydrogen-bond donors (Lipinski definition) is 1. The van der Waals surface area contributed by atoms with Gasteiger partial charge in [-0.2, -0.15) is 0 Å². The lowest BCUT2D eigenvalue weighted by Crippen LogP contribution is -2.46. The van der Waals surface area contributed by atoms with E-state index in [4.69, 9.17) is 27.9 Å². The maximum Gasteiger partial charge on any atom is 0.0991 e. The van der Waals surface area contributed by atoms with Crippen molar-refractivity contribution in [1.29, 1.82) is 0 Å². The summed E-state index contributed by atoms with van der Waals surface area (Å²) in [5, 5.41) is 3.56. The van der Waals surface area contributed by atoms with Crippen LogP contribution in [0.3, 0.4) is 0 Å². The molecular weight excluding hydrogens is 277 g/mol. The number of hydrogen-bond acceptors (Lipinski definition) is 3. The van der Waals surface area contributed by atoms with Gasteiger partial charge in [-0.1, -0.05) is 23.2 Å². The fourth-order valence-electron chi connectivity index (χ4n) is 2.17. The first kappa shape index (κ1) is 13.6. The van der Waals surface area contributed by atoms with Crippen molar-refractivity contribution in [3.05, 3.63) is 20.3 Å². The maximum atomic E-state index is 6.13. The largest absolute Gasteiger partial charge is 0.378 e. The molecule has 0 aromatic carbocycles. The molecule has 0 saturated heterocycles. The fourth-order valence-corrected chi connectivity index (χ4v) is 3.81. The molecule has 2 rings (SSSR count). The molecule has 0 radical (unpaired) electrons. The van der Waals surface area contributed by atoms with Crippen LogP contribution in [0, 0.1) is 0 Å². The van der Waals surface area contributed by atoms with Crippen LogP contribution in [0.2, 0.25) is 8.67 Å². The Hall–Kier alpha value is 0.200. The first-order chi connectivity index (χ1) is 8.10. The second kappa shape index (κ2) is 5.89. The monoisotopic (exact) mass is 293 g/mol. The molecule has 0 bridgehead atoms. The van der Waals surface area contributed by atoms with Crippen LogP contribution >= 0.6 is 34.5 Å². The van der Waals surface area contributed by atoms with E-state index in [1.807, 2.05) is 13.0 Å². The summed E-state index contributed by atoms with van der Waals surface area (Å²) in [5.41, 5.74) is 1.10. The molecule has 1 N–H and O–H groups in total. The average molecular weight is 294 g/mol. The van der Waals surface area contributed by atoms with Gasteiger partial charge in [-0.3, -0.25) is 0 Å². The molecule has 17 heavy (non-hydrogen) atoms. The van der Waals surface area contributed by atoms with Gasteiger partial charge in [-0.25, -0.2) is 0 Å². The van der Waals surface area contributed by atoms with Gasteiger partial charge in [0.05, 0.1) is 14.8 Å². The molecule has 1 unspecified atom stereocenters. The molecule has 1 aromatic rings. The van der Waals surface area contributed by atoms with E-state index in [9.17, 15) is 0 Å². The summed E-state index contributed by atoms with van der Waals surface area (Å²) >= 11 is 13.5. The number of halogens is 2. The van der Waals surface area contributed by atoms with Gasteiger partial charge in [0.15, 0.2) is 0 Å². The zero-order chi connectivity index (χ0) is 12.4. The van der Waals surface area contributed by atoms with E-state index in [0.717, 1.165) is 33.7 Å². The molecule has 2 nitrogen and oxygen atoms in total. The van der Waals surface area contributed by atoms with Crippen LogP contribution < -0.4 is 5.32 Å². The van der Waals surface area contributed by atoms with Crippen molar-refractivity contribution in [2.75, 3.05) is 6.61 Å². The normalized spacial score (nSPS) is 25.6. The van der Waals surface area contributed by atoms with Crippen LogP contribution in [-0.4, -0.2) is 18.8 Å². The van der Waals surface area contributed by atoms with Crippen molar-refractivity contribution in [3.63, 3.8) is 0 Å². The Morgan fingerprint density at radius 1 is 1.53 bits per heavy atom. The van der Waals surface area contributed by atoms with E-state index in [1.165, 1.54) is 11.3 Å². The van der Waals surface area contributed by atoms with Crippen LogP contribution in [0.25, 0.3) is 0 Å². The van der Waals surface area contributed by atoms with Crippen LogP contribution in [0.5, 0.6) is 0 Å². The Kier molecular flexibility index (Phi) is 4.72. The summed E-state index contributed by atoms with van der Waals surface area (Å²) in [7, 11) is 0. The van der Waals surface area contributed by atoms with Gasteiger partial charge in [-0.05, 0) is 38.3 Å². The van der Waals surface area contributed by atoms with Gasteiger partial charge in [0.25, 0.3) is 0 Å². The van der Waals surface area contributed by atoms with Gasteiger partial charge in [0.2, 0.25) is 0 Å². The SMILES string of the molecule is CCOC1CC(NC(C)c2cc(Cl)sc2Cl)C1. The Balaban J connectivity index is 1.82. The van der Waals surface area contributed by atoms with E-state index in [2.05, 4.69) is 12.2 Å². The van der Waals surface area contributed by atoms with Crippen molar-refractivity contribution < 1.29 is 4.74 Å². The van der Waals surface area contributed by atoms with Gasteiger partial charge in [0, 0.05) is 18.7 Å². The van der Waals surface area contributed by atoms with Gasteiger partial charge in [0.1, 0.15) is 0 Å². The van der Waals surface area contributed by atoms with E-state index in [-0.39, 0.29) is 6.04 Å². The predicted molar refractivity (Wildman–Crippen MR) is 74.3 cm³/mol. The van der Waals surface area contributed by atoms with Crippen LogP contribution in [0.15, 0.2) is 6.07 Å². The summed E-state index contributed by atoms with van der Waals surface area (Å²) in [6, 6.07) is 2.74. The van der Waals surface area contributed by atoms with Crippen molar-refractivity contribution in [1.82, 2.24) is 5.32 Å². The van der Waals surface area contributed by atoms with Crippen LogP contribution in [0.1, 0.15) is 38.3 Å². The molecule has 1 heterocycles. The molecule has 1 atom stereocenters. The third-order valence-electron chi connectivity index (χ3n) is 3.13. The third-order valence-corrected chi connectivity index (χ3v) is 4.65. The van der Waals surface area contributed by atoms with Crippen LogP contribution in [0.4, 0.5) is 0 Å². The summed E-state index contributed by atoms with van der Waals surface area (Å²) in [6.45, 7) is 4.97. The minimum Gasteiger partial charge on any atom is -0.378 e. The highest BCUT2D eigenvalue weighted by molar-refractivity contribution is 7.20. The number of rotatable bonds is 5. The second-order valence-corrected chi connectivity index (χ2v) is 6.70. The average Bonchev–Trinajstić information content (AvgIpc) is 2.54. The molecule has 0 amide bonds. The quantitative estimate of drug-likeness (QED) is 0.875. The highest BCUT2D eigenvalue weighted by Crippen LogP contribution is 2.36. The lowest BCUT2D eigenvalue weighted by molar-refractivity contribution is -0.0120. The smallest absolute Gasteiger partial charge is 0.0991 e. The van der Waals surface area contributed by atoms with Gasteiger partial charge >= 0.3 is 0 Å². The summed E-state index contributed by atoms with van der Waals surface area (Å²) < 4.78 is 7.08. The van der Waals surface area contributed by atoms with Gasteiger partial charge < -0.3 is 10.1 Å². The second-order valence-electron chi connectivity index (χ2n) is 4.41. The zero-order valence-electron chi connectivity index (χ0n) is 10.0. The number of thiophene rings is 1. The lowest BCUT2D eigenvalue weighted by atomic mass is 9.88. The summed E-state index contributed by atoms with van der Waals surface area (Å²) in [4.78, 5) is 0. The van der Waals surface area contributed by atoms with Gasteiger partial charge in [-0.15, -0.1) is 11.3 Å². The molecule has 0 spiro atoms.